The Morgan fingerprint density at radius 2 is 1.64 bits per heavy atom. The number of anilines is 1. The highest BCUT2D eigenvalue weighted by atomic mass is 16.4. The van der Waals surface area contributed by atoms with Crippen molar-refractivity contribution in [3.05, 3.63) is 83.1 Å². The molecule has 0 fully saturated rings. The molecule has 2 atom stereocenters. The molecule has 28 heavy (non-hydrogen) atoms. The topological polar surface area (TPSA) is 86.6 Å². The van der Waals surface area contributed by atoms with Crippen LogP contribution in [0.1, 0.15) is 25.0 Å². The summed E-state index contributed by atoms with van der Waals surface area (Å²) in [7, 11) is 0. The quantitative estimate of drug-likeness (QED) is 0.738. The summed E-state index contributed by atoms with van der Waals surface area (Å²) in [6.07, 6.45) is 1.43. The summed E-state index contributed by atoms with van der Waals surface area (Å²) in [6.45, 7) is 4.82. The normalized spacial score (nSPS) is 21.9. The summed E-state index contributed by atoms with van der Waals surface area (Å²) in [5, 5.41) is 24.0. The number of aryl methyl sites for hydroxylation is 1. The molecule has 0 radical (unpaired) electrons. The van der Waals surface area contributed by atoms with E-state index in [-0.39, 0.29) is 11.4 Å². The molecule has 0 bridgehead atoms. The van der Waals surface area contributed by atoms with Gasteiger partial charge in [-0.15, -0.1) is 0 Å². The zero-order valence-electron chi connectivity index (χ0n) is 16.1. The van der Waals surface area contributed by atoms with Crippen molar-refractivity contribution in [2.24, 2.45) is 5.92 Å². The molecule has 1 aliphatic carbocycles. The number of Topliss-reactive ketones (excluding diaryl/α,β-unsaturated/α-hetero) is 1. The molecule has 5 heteroatoms. The van der Waals surface area contributed by atoms with Crippen molar-refractivity contribution in [2.45, 2.75) is 26.4 Å². The maximum Gasteiger partial charge on any atom is 0.314 e. The number of benzene rings is 2. The standard InChI is InChI=1S/C23H23NO4/c1-14-9-11-17(12-10-14)24-18-13-23(3,28)21(22(26)27)20(19(18)15(2)25)16-7-5-4-6-8-16/h4-13,21,24,28H,1-3H3,(H,26,27). The number of nitrogens with one attached hydrogen (secondary N) is 1. The molecule has 2 aromatic carbocycles. The van der Waals surface area contributed by atoms with E-state index in [4.69, 9.17) is 0 Å². The smallest absolute Gasteiger partial charge is 0.314 e. The van der Waals surface area contributed by atoms with Crippen molar-refractivity contribution in [1.29, 1.82) is 0 Å². The van der Waals surface area contributed by atoms with Gasteiger partial charge in [0.05, 0.1) is 5.60 Å². The third kappa shape index (κ3) is 3.75. The zero-order chi connectivity index (χ0) is 20.5. The minimum atomic E-state index is -1.68. The molecule has 0 amide bonds. The third-order valence-corrected chi connectivity index (χ3v) is 4.86. The van der Waals surface area contributed by atoms with Crippen LogP contribution in [0.25, 0.3) is 5.57 Å². The average molecular weight is 377 g/mol. The number of ketones is 1. The SMILES string of the molecule is CC(=O)C1=C(c2ccccc2)C(C(=O)O)C(C)(O)C=C1Nc1ccc(C)cc1. The number of aliphatic carboxylic acids is 1. The minimum Gasteiger partial charge on any atom is -0.481 e. The number of carboxylic acid groups (broad SMARTS) is 1. The summed E-state index contributed by atoms with van der Waals surface area (Å²) in [5.41, 5.74) is 1.73. The molecule has 3 N–H and O–H groups in total. The van der Waals surface area contributed by atoms with Crippen LogP contribution in [0.2, 0.25) is 0 Å². The lowest BCUT2D eigenvalue weighted by Crippen LogP contribution is -2.43. The van der Waals surface area contributed by atoms with E-state index in [1.165, 1.54) is 19.9 Å². The molecule has 144 valence electrons. The van der Waals surface area contributed by atoms with Crippen LogP contribution in [0.4, 0.5) is 5.69 Å². The largest absolute Gasteiger partial charge is 0.481 e. The van der Waals surface area contributed by atoms with Crippen LogP contribution in [0.5, 0.6) is 0 Å². The number of aliphatic hydroxyl groups is 1. The molecule has 0 spiro atoms. The Balaban J connectivity index is 2.23. The fraction of sp³-hybridized carbons (Fsp3) is 0.217. The Bertz CT molecular complexity index is 969. The predicted octanol–water partition coefficient (Wildman–Crippen LogP) is 3.80. The van der Waals surface area contributed by atoms with Gasteiger partial charge in [0.1, 0.15) is 5.92 Å². The van der Waals surface area contributed by atoms with Crippen LogP contribution < -0.4 is 5.32 Å². The number of hydrogen-bond acceptors (Lipinski definition) is 4. The van der Waals surface area contributed by atoms with Crippen LogP contribution in [0.3, 0.4) is 0 Å². The van der Waals surface area contributed by atoms with Crippen molar-refractivity contribution in [3.8, 4) is 0 Å². The van der Waals surface area contributed by atoms with Gasteiger partial charge < -0.3 is 15.5 Å². The molecule has 0 saturated heterocycles. The molecule has 0 aromatic heterocycles. The summed E-state index contributed by atoms with van der Waals surface area (Å²) < 4.78 is 0. The maximum atomic E-state index is 12.6. The van der Waals surface area contributed by atoms with E-state index >= 15 is 0 Å². The minimum absolute atomic E-state index is 0.269. The lowest BCUT2D eigenvalue weighted by molar-refractivity contribution is -0.144. The molecule has 2 aromatic rings. The second kappa shape index (κ2) is 7.44. The Morgan fingerprint density at radius 1 is 1.04 bits per heavy atom. The lowest BCUT2D eigenvalue weighted by Gasteiger charge is -2.36. The molecular formula is C23H23NO4. The van der Waals surface area contributed by atoms with Gasteiger partial charge in [0.15, 0.2) is 5.78 Å². The number of carboxylic acids is 1. The fourth-order valence-electron chi connectivity index (χ4n) is 3.60. The Morgan fingerprint density at radius 3 is 2.18 bits per heavy atom. The van der Waals surface area contributed by atoms with E-state index < -0.39 is 17.5 Å². The number of allylic oxidation sites excluding steroid dienone is 1. The van der Waals surface area contributed by atoms with Gasteiger partial charge in [-0.2, -0.15) is 0 Å². The third-order valence-electron chi connectivity index (χ3n) is 4.86. The van der Waals surface area contributed by atoms with Crippen LogP contribution >= 0.6 is 0 Å². The summed E-state index contributed by atoms with van der Waals surface area (Å²) in [5.74, 6) is -2.72. The highest BCUT2D eigenvalue weighted by Gasteiger charge is 2.45. The number of hydrogen-bond donors (Lipinski definition) is 3. The van der Waals surface area contributed by atoms with Gasteiger partial charge in [-0.05, 0) is 50.1 Å². The molecule has 2 unspecified atom stereocenters. The number of carbonyl (C=O) groups excluding carboxylic acids is 1. The van der Waals surface area contributed by atoms with E-state index in [0.29, 0.717) is 16.8 Å². The van der Waals surface area contributed by atoms with E-state index in [9.17, 15) is 19.8 Å². The molecule has 1 aliphatic rings. The summed E-state index contributed by atoms with van der Waals surface area (Å²) in [6, 6.07) is 16.5. The summed E-state index contributed by atoms with van der Waals surface area (Å²) >= 11 is 0. The van der Waals surface area contributed by atoms with Gasteiger partial charge in [0, 0.05) is 17.0 Å². The van der Waals surface area contributed by atoms with Crippen LogP contribution in [-0.2, 0) is 9.59 Å². The Labute approximate surface area is 164 Å². The molecular weight excluding hydrogens is 354 g/mol. The Kier molecular flexibility index (Phi) is 5.21. The van der Waals surface area contributed by atoms with Gasteiger partial charge in [-0.3, -0.25) is 9.59 Å². The first-order valence-corrected chi connectivity index (χ1v) is 9.03. The van der Waals surface area contributed by atoms with Gasteiger partial charge in [-0.25, -0.2) is 0 Å². The van der Waals surface area contributed by atoms with Crippen molar-refractivity contribution in [1.82, 2.24) is 0 Å². The molecule has 0 aliphatic heterocycles. The molecule has 5 nitrogen and oxygen atoms in total. The van der Waals surface area contributed by atoms with Crippen LogP contribution in [0.15, 0.2) is 71.9 Å². The van der Waals surface area contributed by atoms with Gasteiger partial charge in [0.25, 0.3) is 0 Å². The monoisotopic (exact) mass is 377 g/mol. The predicted molar refractivity (Wildman–Crippen MR) is 109 cm³/mol. The first-order valence-electron chi connectivity index (χ1n) is 9.03. The molecule has 0 saturated carbocycles. The van der Waals surface area contributed by atoms with E-state index in [1.54, 1.807) is 24.3 Å². The molecule has 3 rings (SSSR count). The lowest BCUT2D eigenvalue weighted by atomic mass is 9.72. The van der Waals surface area contributed by atoms with Crippen molar-refractivity contribution in [3.63, 3.8) is 0 Å². The van der Waals surface area contributed by atoms with Crippen LogP contribution in [0, 0.1) is 12.8 Å². The fourth-order valence-corrected chi connectivity index (χ4v) is 3.60. The van der Waals surface area contributed by atoms with Crippen molar-refractivity contribution in [2.75, 3.05) is 5.32 Å². The Hall–Kier alpha value is -3.18. The van der Waals surface area contributed by atoms with E-state index in [2.05, 4.69) is 5.32 Å². The van der Waals surface area contributed by atoms with Gasteiger partial charge in [0.2, 0.25) is 0 Å². The first-order chi connectivity index (χ1) is 13.2. The highest BCUT2D eigenvalue weighted by Crippen LogP contribution is 2.43. The van der Waals surface area contributed by atoms with Crippen molar-refractivity contribution >= 4 is 23.0 Å². The van der Waals surface area contributed by atoms with Crippen LogP contribution in [-0.4, -0.2) is 27.6 Å². The van der Waals surface area contributed by atoms with Gasteiger partial charge in [-0.1, -0.05) is 48.0 Å². The number of rotatable bonds is 5. The van der Waals surface area contributed by atoms with Crippen molar-refractivity contribution < 1.29 is 19.8 Å². The maximum absolute atomic E-state index is 12.6. The molecule has 0 heterocycles. The number of carbonyl (C=O) groups is 2. The van der Waals surface area contributed by atoms with E-state index in [1.807, 2.05) is 37.3 Å². The van der Waals surface area contributed by atoms with Gasteiger partial charge >= 0.3 is 5.97 Å². The highest BCUT2D eigenvalue weighted by molar-refractivity contribution is 6.10. The zero-order valence-corrected chi connectivity index (χ0v) is 16.1. The first kappa shape index (κ1) is 19.6. The average Bonchev–Trinajstić information content (AvgIpc) is 2.62. The second-order valence-corrected chi connectivity index (χ2v) is 7.26. The summed E-state index contributed by atoms with van der Waals surface area (Å²) in [4.78, 5) is 24.7. The van der Waals surface area contributed by atoms with E-state index in [0.717, 1.165) is 11.3 Å². The second-order valence-electron chi connectivity index (χ2n) is 7.26.